The normalized spacial score (nSPS) is 22.1. The van der Waals surface area contributed by atoms with Crippen molar-refractivity contribution in [3.8, 4) is 29.4 Å². The van der Waals surface area contributed by atoms with Crippen LogP contribution >= 0.6 is 0 Å². The van der Waals surface area contributed by atoms with Crippen LogP contribution in [0.4, 0.5) is 0 Å². The van der Waals surface area contributed by atoms with E-state index in [1.54, 1.807) is 0 Å². The molecule has 0 spiro atoms. The van der Waals surface area contributed by atoms with E-state index in [4.69, 9.17) is 20.0 Å². The SMILES string of the molecule is CC1(C)CCCCCC(c2c(-c3ccc(C#N)cc3)nc(OCC3CCCN(CCC#N)C3)n3ccnc23)CCCC1. The molecule has 1 aliphatic carbocycles. The maximum Gasteiger partial charge on any atom is 0.302 e. The van der Waals surface area contributed by atoms with Gasteiger partial charge in [-0.1, -0.05) is 58.1 Å². The first kappa shape index (κ1) is 30.1. The van der Waals surface area contributed by atoms with Gasteiger partial charge in [0.25, 0.3) is 0 Å². The van der Waals surface area contributed by atoms with Crippen LogP contribution in [0.2, 0.25) is 0 Å². The van der Waals surface area contributed by atoms with Gasteiger partial charge in [-0.25, -0.2) is 4.98 Å². The highest BCUT2D eigenvalue weighted by Crippen LogP contribution is 2.40. The molecule has 2 unspecified atom stereocenters. The third-order valence-corrected chi connectivity index (χ3v) is 9.40. The lowest BCUT2D eigenvalue weighted by Crippen LogP contribution is -2.38. The summed E-state index contributed by atoms with van der Waals surface area (Å²) in [5, 5.41) is 18.4. The Kier molecular flexibility index (Phi) is 10.1. The van der Waals surface area contributed by atoms with Crippen molar-refractivity contribution in [1.82, 2.24) is 19.3 Å². The van der Waals surface area contributed by atoms with Crippen LogP contribution in [0.1, 0.15) is 108 Å². The van der Waals surface area contributed by atoms with E-state index in [2.05, 4.69) is 30.9 Å². The van der Waals surface area contributed by atoms with E-state index in [0.29, 0.717) is 41.9 Å². The summed E-state index contributed by atoms with van der Waals surface area (Å²) in [4.78, 5) is 12.5. The van der Waals surface area contributed by atoms with Crippen molar-refractivity contribution < 1.29 is 4.74 Å². The quantitative estimate of drug-likeness (QED) is 0.289. The monoisotopic (exact) mass is 566 g/mol. The number of hydrogen-bond acceptors (Lipinski definition) is 6. The molecule has 3 aromatic rings. The Morgan fingerprint density at radius 1 is 0.976 bits per heavy atom. The van der Waals surface area contributed by atoms with Gasteiger partial charge in [0.15, 0.2) is 0 Å². The van der Waals surface area contributed by atoms with Crippen LogP contribution in [0.5, 0.6) is 6.01 Å². The van der Waals surface area contributed by atoms with Crippen molar-refractivity contribution in [2.24, 2.45) is 11.3 Å². The molecule has 0 amide bonds. The van der Waals surface area contributed by atoms with E-state index in [9.17, 15) is 5.26 Å². The predicted molar refractivity (Wildman–Crippen MR) is 166 cm³/mol. The van der Waals surface area contributed by atoms with Crippen molar-refractivity contribution >= 4 is 5.65 Å². The second-order valence-electron chi connectivity index (χ2n) is 13.2. The fraction of sp³-hybridized carbons (Fsp3) is 0.600. The van der Waals surface area contributed by atoms with E-state index in [-0.39, 0.29) is 0 Å². The lowest BCUT2D eigenvalue weighted by Gasteiger charge is -2.32. The topological polar surface area (TPSA) is 90.2 Å². The molecule has 1 aromatic carbocycles. The average molecular weight is 567 g/mol. The molecule has 42 heavy (non-hydrogen) atoms. The van der Waals surface area contributed by atoms with Crippen molar-refractivity contribution in [3.63, 3.8) is 0 Å². The summed E-state index contributed by atoms with van der Waals surface area (Å²) in [7, 11) is 0. The number of imidazole rings is 1. The molecule has 1 aliphatic heterocycles. The number of nitrogens with zero attached hydrogens (tertiary/aromatic N) is 6. The average Bonchev–Trinajstić information content (AvgIpc) is 3.48. The summed E-state index contributed by atoms with van der Waals surface area (Å²) in [6.07, 6.45) is 17.7. The first-order valence-electron chi connectivity index (χ1n) is 16.1. The van der Waals surface area contributed by atoms with Gasteiger partial charge in [-0.3, -0.25) is 4.40 Å². The van der Waals surface area contributed by atoms with Gasteiger partial charge in [0.2, 0.25) is 0 Å². The maximum atomic E-state index is 9.42. The number of nitriles is 2. The minimum absolute atomic E-state index is 0.371. The second-order valence-corrected chi connectivity index (χ2v) is 13.2. The zero-order valence-corrected chi connectivity index (χ0v) is 25.5. The Bertz CT molecular complexity index is 1400. The molecule has 0 bridgehead atoms. The van der Waals surface area contributed by atoms with Gasteiger partial charge >= 0.3 is 6.01 Å². The van der Waals surface area contributed by atoms with Crippen LogP contribution < -0.4 is 4.74 Å². The minimum Gasteiger partial charge on any atom is -0.464 e. The largest absolute Gasteiger partial charge is 0.464 e. The molecule has 7 heteroatoms. The zero-order valence-electron chi connectivity index (χ0n) is 25.5. The second kappa shape index (κ2) is 14.2. The molecule has 0 N–H and O–H groups in total. The van der Waals surface area contributed by atoms with Crippen LogP contribution in [0.25, 0.3) is 16.9 Å². The van der Waals surface area contributed by atoms with Gasteiger partial charge in [-0.05, 0) is 68.5 Å². The standard InChI is InChI=1S/C35H46N6O/c1-35(2)17-6-3-4-11-29(12-5-7-18-35)31-32(30-15-13-27(24-37)14-16-30)39-34(41-23-20-38-33(31)41)42-26-28-10-8-21-40(25-28)22-9-19-36/h13-16,20,23,28-29H,3-12,17-18,21-22,25-26H2,1-2H3. The Balaban J connectivity index is 1.47. The number of ether oxygens (including phenoxy) is 1. The highest BCUT2D eigenvalue weighted by atomic mass is 16.5. The Labute approximate surface area is 251 Å². The molecular formula is C35H46N6O. The summed E-state index contributed by atoms with van der Waals surface area (Å²) in [6.45, 7) is 8.29. The smallest absolute Gasteiger partial charge is 0.302 e. The van der Waals surface area contributed by atoms with Crippen LogP contribution in [0.3, 0.4) is 0 Å². The highest BCUT2D eigenvalue weighted by Gasteiger charge is 2.27. The van der Waals surface area contributed by atoms with Gasteiger partial charge in [-0.15, -0.1) is 0 Å². The van der Waals surface area contributed by atoms with Gasteiger partial charge in [0.05, 0.1) is 30.0 Å². The maximum absolute atomic E-state index is 9.42. The molecule has 0 radical (unpaired) electrons. The minimum atomic E-state index is 0.371. The Hall–Kier alpha value is -3.42. The molecule has 2 fully saturated rings. The fourth-order valence-electron chi connectivity index (χ4n) is 6.99. The summed E-state index contributed by atoms with van der Waals surface area (Å²) in [5.41, 5.74) is 5.18. The number of likely N-dealkylation sites (tertiary alicyclic amines) is 1. The highest BCUT2D eigenvalue weighted by molar-refractivity contribution is 5.72. The molecule has 2 aliphatic rings. The molecule has 2 aromatic heterocycles. The van der Waals surface area contributed by atoms with Crippen molar-refractivity contribution in [3.05, 3.63) is 47.8 Å². The molecule has 3 heterocycles. The van der Waals surface area contributed by atoms with E-state index >= 15 is 0 Å². The molecule has 7 nitrogen and oxygen atoms in total. The zero-order chi connectivity index (χ0) is 29.4. The summed E-state index contributed by atoms with van der Waals surface area (Å²) < 4.78 is 8.56. The molecular weight excluding hydrogens is 520 g/mol. The summed E-state index contributed by atoms with van der Waals surface area (Å²) in [6, 6.07) is 12.9. The fourth-order valence-corrected chi connectivity index (χ4v) is 6.99. The molecule has 2 atom stereocenters. The number of piperidine rings is 1. The first-order valence-corrected chi connectivity index (χ1v) is 16.1. The number of rotatable bonds is 7. The van der Waals surface area contributed by atoms with Crippen molar-refractivity contribution in [2.75, 3.05) is 26.2 Å². The van der Waals surface area contributed by atoms with Gasteiger partial charge in [0.1, 0.15) is 5.65 Å². The summed E-state index contributed by atoms with van der Waals surface area (Å²) in [5.74, 6) is 0.776. The lowest BCUT2D eigenvalue weighted by molar-refractivity contribution is 0.126. The van der Waals surface area contributed by atoms with E-state index < -0.39 is 0 Å². The van der Waals surface area contributed by atoms with Gasteiger partial charge in [-0.2, -0.15) is 15.5 Å². The first-order chi connectivity index (χ1) is 20.5. The van der Waals surface area contributed by atoms with E-state index in [0.717, 1.165) is 62.2 Å². The van der Waals surface area contributed by atoms with Crippen LogP contribution in [-0.2, 0) is 0 Å². The van der Waals surface area contributed by atoms with Crippen molar-refractivity contribution in [1.29, 1.82) is 10.5 Å². The molecule has 1 saturated carbocycles. The predicted octanol–water partition coefficient (Wildman–Crippen LogP) is 7.91. The van der Waals surface area contributed by atoms with Crippen molar-refractivity contribution in [2.45, 2.75) is 96.8 Å². The van der Waals surface area contributed by atoms with Crippen LogP contribution in [-0.4, -0.2) is 45.5 Å². The van der Waals surface area contributed by atoms with Crippen LogP contribution in [0.15, 0.2) is 36.7 Å². The van der Waals surface area contributed by atoms with E-state index in [1.165, 1.54) is 50.5 Å². The molecule has 1 saturated heterocycles. The summed E-state index contributed by atoms with van der Waals surface area (Å²) >= 11 is 0. The van der Waals surface area contributed by atoms with Gasteiger partial charge in [0, 0.05) is 48.9 Å². The molecule has 222 valence electrons. The van der Waals surface area contributed by atoms with Crippen LogP contribution in [0, 0.1) is 34.0 Å². The number of aromatic nitrogens is 3. The molecule has 5 rings (SSSR count). The number of benzene rings is 1. The number of hydrogen-bond donors (Lipinski definition) is 0. The third-order valence-electron chi connectivity index (χ3n) is 9.40. The van der Waals surface area contributed by atoms with Gasteiger partial charge < -0.3 is 9.64 Å². The number of fused-ring (bicyclic) bond motifs is 1. The third kappa shape index (κ3) is 7.50. The van der Waals surface area contributed by atoms with E-state index in [1.807, 2.05) is 41.1 Å². The Morgan fingerprint density at radius 3 is 2.50 bits per heavy atom. The lowest BCUT2D eigenvalue weighted by atomic mass is 9.82. The Morgan fingerprint density at radius 2 is 1.74 bits per heavy atom.